The monoisotopic (exact) mass is 191 g/mol. The fourth-order valence-electron chi connectivity index (χ4n) is 1.60. The zero-order valence-corrected chi connectivity index (χ0v) is 8.22. The van der Waals surface area contributed by atoms with Gasteiger partial charge in [0.2, 0.25) is 0 Å². The summed E-state index contributed by atoms with van der Waals surface area (Å²) in [5.74, 6) is 0. The van der Waals surface area contributed by atoms with Gasteiger partial charge >= 0.3 is 0 Å². The predicted octanol–water partition coefficient (Wildman–Crippen LogP) is 4.00. The maximum absolute atomic E-state index is 5.80. The summed E-state index contributed by atoms with van der Waals surface area (Å²) in [6.07, 6.45) is 8.32. The zero-order valence-electron chi connectivity index (χ0n) is 7.46. The van der Waals surface area contributed by atoms with Gasteiger partial charge in [-0.1, -0.05) is 11.6 Å². The number of hydrogen-bond acceptors (Lipinski definition) is 0. The first-order chi connectivity index (χ1) is 6.34. The molecule has 1 aromatic rings. The van der Waals surface area contributed by atoms with Gasteiger partial charge in [-0.25, -0.2) is 0 Å². The molecule has 0 bridgehead atoms. The van der Waals surface area contributed by atoms with Gasteiger partial charge in [0.15, 0.2) is 0 Å². The zero-order chi connectivity index (χ0) is 9.10. The molecule has 0 atom stereocenters. The fourth-order valence-corrected chi connectivity index (χ4v) is 1.73. The van der Waals surface area contributed by atoms with Gasteiger partial charge in [0.05, 0.1) is 10.6 Å². The van der Waals surface area contributed by atoms with Crippen LogP contribution < -0.4 is 0 Å². The highest BCUT2D eigenvalue weighted by molar-refractivity contribution is 6.30. The Morgan fingerprint density at radius 1 is 1.15 bits per heavy atom. The summed E-state index contributed by atoms with van der Waals surface area (Å²) in [7, 11) is 0. The predicted molar refractivity (Wildman–Crippen MR) is 56.8 cm³/mol. The van der Waals surface area contributed by atoms with Crippen LogP contribution in [0.1, 0.15) is 24.8 Å². The van der Waals surface area contributed by atoms with E-state index >= 15 is 0 Å². The van der Waals surface area contributed by atoms with Gasteiger partial charge in [-0.05, 0) is 25.3 Å². The van der Waals surface area contributed by atoms with E-state index in [-0.39, 0.29) is 0 Å². The van der Waals surface area contributed by atoms with Gasteiger partial charge in [-0.3, -0.25) is 0 Å². The summed E-state index contributed by atoms with van der Waals surface area (Å²) in [5.41, 5.74) is 2.71. The van der Waals surface area contributed by atoms with Gasteiger partial charge in [-0.15, -0.1) is 0 Å². The first-order valence-corrected chi connectivity index (χ1v) is 5.02. The van der Waals surface area contributed by atoms with Crippen molar-refractivity contribution in [3.8, 4) is 0 Å². The van der Waals surface area contributed by atoms with Crippen LogP contribution in [0.2, 0.25) is 5.02 Å². The quantitative estimate of drug-likeness (QED) is 0.620. The van der Waals surface area contributed by atoms with E-state index < -0.39 is 0 Å². The van der Waals surface area contributed by atoms with E-state index in [0.717, 1.165) is 5.02 Å². The Morgan fingerprint density at radius 3 is 2.54 bits per heavy atom. The summed E-state index contributed by atoms with van der Waals surface area (Å²) in [4.78, 5) is 0. The van der Waals surface area contributed by atoms with Crippen LogP contribution in [0.25, 0.3) is 0 Å². The Hall–Kier alpha value is -0.880. The molecular weight excluding hydrogens is 180 g/mol. The van der Waals surface area contributed by atoms with Crippen molar-refractivity contribution in [2.75, 3.05) is 0 Å². The van der Waals surface area contributed by atoms with Crippen molar-refractivity contribution in [2.24, 2.45) is 0 Å². The molecule has 0 amide bonds. The van der Waals surface area contributed by atoms with Crippen molar-refractivity contribution in [3.05, 3.63) is 52.9 Å². The van der Waals surface area contributed by atoms with Gasteiger partial charge in [0.1, 0.15) is 0 Å². The highest BCUT2D eigenvalue weighted by Gasteiger charge is 2.11. The maximum atomic E-state index is 5.80. The molecule has 0 heterocycles. The van der Waals surface area contributed by atoms with E-state index in [2.05, 4.69) is 24.6 Å². The van der Waals surface area contributed by atoms with Crippen molar-refractivity contribution in [1.82, 2.24) is 0 Å². The Labute approximate surface area is 84.2 Å². The molecule has 1 aliphatic rings. The van der Waals surface area contributed by atoms with Crippen molar-refractivity contribution >= 4 is 11.6 Å². The molecule has 1 aliphatic carbocycles. The average molecular weight is 192 g/mol. The van der Waals surface area contributed by atoms with E-state index in [1.165, 1.54) is 30.4 Å². The van der Waals surface area contributed by atoms with Crippen LogP contribution in [0.4, 0.5) is 0 Å². The van der Waals surface area contributed by atoms with E-state index in [0.29, 0.717) is 0 Å². The average Bonchev–Trinajstić information content (AvgIpc) is 2.62. The van der Waals surface area contributed by atoms with Crippen LogP contribution in [0.15, 0.2) is 35.9 Å². The number of rotatable bonds is 2. The molecule has 0 N–H and O–H groups in total. The van der Waals surface area contributed by atoms with Crippen LogP contribution >= 0.6 is 11.6 Å². The molecule has 0 saturated heterocycles. The largest absolute Gasteiger partial charge is 0.0955 e. The molecular formula is C12H12Cl+. The molecule has 1 aromatic carbocycles. The SMILES string of the molecule is Clc1ccc([CH+]C2=CCCC2)cc1. The van der Waals surface area contributed by atoms with Crippen LogP contribution in [-0.2, 0) is 0 Å². The summed E-state index contributed by atoms with van der Waals surface area (Å²) in [5, 5.41) is 0.803. The Balaban J connectivity index is 2.05. The lowest BCUT2D eigenvalue weighted by Crippen LogP contribution is -1.83. The molecule has 1 heteroatoms. The molecule has 0 saturated carbocycles. The van der Waals surface area contributed by atoms with Crippen molar-refractivity contribution in [2.45, 2.75) is 19.3 Å². The Morgan fingerprint density at radius 2 is 1.92 bits per heavy atom. The van der Waals surface area contributed by atoms with Gasteiger partial charge in [0.25, 0.3) is 0 Å². The second kappa shape index (κ2) is 3.89. The lowest BCUT2D eigenvalue weighted by atomic mass is 10.1. The highest BCUT2D eigenvalue weighted by Crippen LogP contribution is 2.23. The number of allylic oxidation sites excluding steroid dienone is 2. The Bertz CT molecular complexity index is 308. The van der Waals surface area contributed by atoms with Gasteiger partial charge in [-0.2, -0.15) is 0 Å². The second-order valence-electron chi connectivity index (χ2n) is 3.37. The van der Waals surface area contributed by atoms with Gasteiger partial charge < -0.3 is 0 Å². The van der Waals surface area contributed by atoms with E-state index in [1.807, 2.05) is 12.1 Å². The molecule has 0 aliphatic heterocycles. The number of hydrogen-bond donors (Lipinski definition) is 0. The number of halogens is 1. The lowest BCUT2D eigenvalue weighted by molar-refractivity contribution is 0.911. The highest BCUT2D eigenvalue weighted by atomic mass is 35.5. The second-order valence-corrected chi connectivity index (χ2v) is 3.80. The summed E-state index contributed by atoms with van der Waals surface area (Å²) < 4.78 is 0. The molecule has 0 spiro atoms. The molecule has 66 valence electrons. The first-order valence-electron chi connectivity index (χ1n) is 4.64. The lowest BCUT2D eigenvalue weighted by Gasteiger charge is -1.94. The topological polar surface area (TPSA) is 0 Å². The third kappa shape index (κ3) is 2.28. The smallest absolute Gasteiger partial charge is 0.0824 e. The van der Waals surface area contributed by atoms with E-state index in [4.69, 9.17) is 11.6 Å². The molecule has 13 heavy (non-hydrogen) atoms. The van der Waals surface area contributed by atoms with Gasteiger partial charge in [0, 0.05) is 36.3 Å². The van der Waals surface area contributed by atoms with Crippen LogP contribution in [-0.4, -0.2) is 0 Å². The van der Waals surface area contributed by atoms with E-state index in [1.54, 1.807) is 0 Å². The van der Waals surface area contributed by atoms with Crippen LogP contribution in [0.5, 0.6) is 0 Å². The van der Waals surface area contributed by atoms with Crippen molar-refractivity contribution in [3.63, 3.8) is 0 Å². The molecule has 0 fully saturated rings. The fraction of sp³-hybridized carbons (Fsp3) is 0.250. The van der Waals surface area contributed by atoms with E-state index in [9.17, 15) is 0 Å². The minimum Gasteiger partial charge on any atom is -0.0824 e. The normalized spacial score (nSPS) is 15.6. The molecule has 0 radical (unpaired) electrons. The molecule has 0 unspecified atom stereocenters. The third-order valence-corrected chi connectivity index (χ3v) is 2.55. The molecule has 2 rings (SSSR count). The molecule has 0 aromatic heterocycles. The van der Waals surface area contributed by atoms with Crippen LogP contribution in [0.3, 0.4) is 0 Å². The van der Waals surface area contributed by atoms with Crippen LogP contribution in [0, 0.1) is 6.42 Å². The minimum absolute atomic E-state index is 0.803. The third-order valence-electron chi connectivity index (χ3n) is 2.30. The maximum Gasteiger partial charge on any atom is 0.0955 e. The summed E-state index contributed by atoms with van der Waals surface area (Å²) >= 11 is 5.80. The summed E-state index contributed by atoms with van der Waals surface area (Å²) in [6.45, 7) is 0. The Kier molecular flexibility index (Phi) is 2.60. The molecule has 0 nitrogen and oxygen atoms in total. The van der Waals surface area contributed by atoms with Crippen molar-refractivity contribution in [1.29, 1.82) is 0 Å². The first kappa shape index (κ1) is 8.71. The number of benzene rings is 1. The minimum atomic E-state index is 0.803. The van der Waals surface area contributed by atoms with Crippen molar-refractivity contribution < 1.29 is 0 Å². The summed E-state index contributed by atoms with van der Waals surface area (Å²) in [6, 6.07) is 7.98. The standard InChI is InChI=1S/C12H12Cl/c13-12-7-5-11(6-8-12)9-10-3-1-2-4-10/h3,5-9H,1-2,4H2/q+1.